The Labute approximate surface area is 272 Å². The molecule has 0 aliphatic carbocycles. The molecule has 1 aliphatic heterocycles. The lowest BCUT2D eigenvalue weighted by Gasteiger charge is -2.39. The monoisotopic (exact) mass is 657 g/mol. The van der Waals surface area contributed by atoms with Crippen LogP contribution in [0.25, 0.3) is 43.8 Å². The summed E-state index contributed by atoms with van der Waals surface area (Å²) in [7, 11) is 0. The Morgan fingerprint density at radius 3 is 2.74 bits per heavy atom. The van der Waals surface area contributed by atoms with Gasteiger partial charge in [-0.3, -0.25) is 9.67 Å². The van der Waals surface area contributed by atoms with Crippen molar-refractivity contribution in [3.05, 3.63) is 59.1 Å². The molecule has 0 saturated carbocycles. The average Bonchev–Trinajstić information content (AvgIpc) is 3.45. The van der Waals surface area contributed by atoms with E-state index in [1.807, 2.05) is 0 Å². The average molecular weight is 658 g/mol. The number of amides is 1. The number of nitriles is 2. The van der Waals surface area contributed by atoms with Gasteiger partial charge in [-0.05, 0) is 57.2 Å². The molecule has 13 heteroatoms. The fourth-order valence-electron chi connectivity index (χ4n) is 6.19. The minimum Gasteiger partial charge on any atom is -0.610 e. The molecular weight excluding hydrogens is 629 g/mol. The summed E-state index contributed by atoms with van der Waals surface area (Å²) in [5, 5.41) is 26.3. The molecule has 1 unspecified atom stereocenters. The number of carbonyl (C=O) groups is 1. The van der Waals surface area contributed by atoms with Crippen LogP contribution >= 0.6 is 11.6 Å². The molecule has 46 heavy (non-hydrogen) atoms. The van der Waals surface area contributed by atoms with Gasteiger partial charge < -0.3 is 14.2 Å². The van der Waals surface area contributed by atoms with E-state index in [1.54, 1.807) is 66.9 Å². The van der Waals surface area contributed by atoms with E-state index in [4.69, 9.17) is 16.3 Å². The molecule has 10 nitrogen and oxygen atoms in total. The maximum atomic E-state index is 16.8. The highest BCUT2D eigenvalue weighted by molar-refractivity contribution is 7.90. The largest absolute Gasteiger partial charge is 0.610 e. The fourth-order valence-corrected chi connectivity index (χ4v) is 7.15. The first kappa shape index (κ1) is 31.5. The Kier molecular flexibility index (Phi) is 8.23. The number of benzene rings is 2. The van der Waals surface area contributed by atoms with Gasteiger partial charge in [0.2, 0.25) is 0 Å². The molecule has 3 atom stereocenters. The number of pyridine rings is 2. The zero-order valence-electron chi connectivity index (χ0n) is 25.5. The fraction of sp³-hybridized carbons (Fsp3) is 0.333. The van der Waals surface area contributed by atoms with Crippen LogP contribution in [-0.4, -0.2) is 59.7 Å². The van der Waals surface area contributed by atoms with Crippen molar-refractivity contribution < 1.29 is 18.5 Å². The zero-order valence-corrected chi connectivity index (χ0v) is 27.1. The maximum Gasteiger partial charge on any atom is 0.410 e. The molecule has 2 aromatic carbocycles. The summed E-state index contributed by atoms with van der Waals surface area (Å²) in [6.07, 6.45) is 5.03. The van der Waals surface area contributed by atoms with Crippen LogP contribution in [0.15, 0.2) is 47.8 Å². The Hall–Kier alpha value is -4.49. The van der Waals surface area contributed by atoms with Gasteiger partial charge in [0.15, 0.2) is 5.82 Å². The molecule has 1 saturated heterocycles. The second-order valence-electron chi connectivity index (χ2n) is 12.2. The van der Waals surface area contributed by atoms with Gasteiger partial charge in [0, 0.05) is 34.7 Å². The molecule has 4 heterocycles. The maximum absolute atomic E-state index is 16.8. The highest BCUT2D eigenvalue weighted by Crippen LogP contribution is 2.42. The van der Waals surface area contributed by atoms with Crippen LogP contribution in [0, 0.1) is 28.5 Å². The minimum atomic E-state index is -1.61. The number of piperidine rings is 1. The summed E-state index contributed by atoms with van der Waals surface area (Å²) >= 11 is 5.23. The van der Waals surface area contributed by atoms with Gasteiger partial charge in [0.1, 0.15) is 17.4 Å². The van der Waals surface area contributed by atoms with Crippen LogP contribution in [0.2, 0.25) is 5.02 Å². The minimum absolute atomic E-state index is 0.0204. The molecule has 6 rings (SSSR count). The summed E-state index contributed by atoms with van der Waals surface area (Å²) in [4.78, 5) is 23.5. The van der Waals surface area contributed by atoms with Crippen molar-refractivity contribution in [2.75, 3.05) is 12.8 Å². The molecule has 0 spiro atoms. The van der Waals surface area contributed by atoms with Gasteiger partial charge >= 0.3 is 6.09 Å². The third-order valence-electron chi connectivity index (χ3n) is 8.10. The summed E-state index contributed by atoms with van der Waals surface area (Å²) in [5.41, 5.74) is 0.235. The van der Waals surface area contributed by atoms with Gasteiger partial charge in [-0.15, -0.1) is 0 Å². The number of ether oxygens (including phenoxy) is 1. The molecular formula is C33H29ClFN7O3S. The first-order valence-corrected chi connectivity index (χ1v) is 16.5. The lowest BCUT2D eigenvalue weighted by Crippen LogP contribution is -2.48. The van der Waals surface area contributed by atoms with E-state index in [2.05, 4.69) is 27.2 Å². The number of halogens is 2. The molecule has 0 radical (unpaired) electrons. The first-order valence-electron chi connectivity index (χ1n) is 14.6. The van der Waals surface area contributed by atoms with Gasteiger partial charge in [-0.2, -0.15) is 20.6 Å². The highest BCUT2D eigenvalue weighted by Gasteiger charge is 2.36. The third-order valence-corrected chi connectivity index (χ3v) is 9.25. The standard InChI is InChI=1S/C33H29ClFN7O3S/c1-33(2,3)45-32(43)41-13-10-21(14-20(41)8-11-36)42-30-22-15-24(34)26(27(35)28(22)40-31(46(4)44)23(30)17-39-42)29-25-18(9-12-38-29)6-5-7-19(25)16-37/h5-7,9,12,15,17,20-21H,8,10,13-14H2,1-4H3/t20-,21+,46?/m1/s1. The normalized spacial score (nSPS) is 17.6. The van der Waals surface area contributed by atoms with E-state index in [1.165, 1.54) is 12.5 Å². The van der Waals surface area contributed by atoms with E-state index in [0.29, 0.717) is 52.0 Å². The Morgan fingerprint density at radius 2 is 2.04 bits per heavy atom. The van der Waals surface area contributed by atoms with Crippen LogP contribution in [0.5, 0.6) is 0 Å². The second kappa shape index (κ2) is 12.0. The number of hydrogen-bond acceptors (Lipinski definition) is 8. The predicted molar refractivity (Wildman–Crippen MR) is 173 cm³/mol. The van der Waals surface area contributed by atoms with Crippen LogP contribution in [0.3, 0.4) is 0 Å². The number of nitrogens with zero attached hydrogens (tertiary/aromatic N) is 7. The van der Waals surface area contributed by atoms with Gasteiger partial charge in [0.05, 0.1) is 69.6 Å². The predicted octanol–water partition coefficient (Wildman–Crippen LogP) is 7.06. The summed E-state index contributed by atoms with van der Waals surface area (Å²) in [6.45, 7) is 5.68. The molecule has 1 fully saturated rings. The van der Waals surface area contributed by atoms with E-state index in [0.717, 1.165) is 0 Å². The van der Waals surface area contributed by atoms with Crippen LogP contribution in [0.1, 0.15) is 51.6 Å². The number of likely N-dealkylation sites (tertiary alicyclic amines) is 1. The SMILES string of the molecule is C[S+]([O-])c1nc2c(F)c(-c3nccc4cccc(C#N)c34)c(Cl)cc2c2c1cnn2[C@H]1CCN(C(=O)OC(C)(C)C)[C@H](CC#N)C1. The lowest BCUT2D eigenvalue weighted by atomic mass is 9.95. The van der Waals surface area contributed by atoms with Crippen molar-refractivity contribution in [2.24, 2.45) is 0 Å². The first-order chi connectivity index (χ1) is 21.9. The van der Waals surface area contributed by atoms with Crippen molar-refractivity contribution in [1.82, 2.24) is 24.6 Å². The molecule has 3 aromatic heterocycles. The molecule has 5 aromatic rings. The number of carbonyl (C=O) groups excluding carboxylic acids is 1. The van der Waals surface area contributed by atoms with E-state index >= 15 is 4.39 Å². The van der Waals surface area contributed by atoms with Gasteiger partial charge in [0.25, 0.3) is 5.03 Å². The van der Waals surface area contributed by atoms with E-state index in [-0.39, 0.29) is 39.3 Å². The highest BCUT2D eigenvalue weighted by atomic mass is 35.5. The molecule has 1 amide bonds. The molecule has 1 aliphatic rings. The van der Waals surface area contributed by atoms with Crippen LogP contribution in [0.4, 0.5) is 9.18 Å². The number of hydrogen-bond donors (Lipinski definition) is 0. The van der Waals surface area contributed by atoms with Crippen LogP contribution in [-0.2, 0) is 15.9 Å². The van der Waals surface area contributed by atoms with Gasteiger partial charge in [-0.1, -0.05) is 23.7 Å². The molecule has 234 valence electrons. The number of rotatable bonds is 4. The Balaban J connectivity index is 1.53. The van der Waals surface area contributed by atoms with Crippen molar-refractivity contribution in [2.45, 2.75) is 62.7 Å². The summed E-state index contributed by atoms with van der Waals surface area (Å²) in [5.74, 6) is -0.765. The number of fused-ring (bicyclic) bond motifs is 4. The lowest BCUT2D eigenvalue weighted by molar-refractivity contribution is 0.00565. The summed E-state index contributed by atoms with van der Waals surface area (Å²) in [6, 6.07) is 12.1. The van der Waals surface area contributed by atoms with Gasteiger partial charge in [-0.25, -0.2) is 9.18 Å². The topological polar surface area (TPSA) is 144 Å². The van der Waals surface area contributed by atoms with Crippen molar-refractivity contribution in [3.63, 3.8) is 0 Å². The van der Waals surface area contributed by atoms with Crippen molar-refractivity contribution in [1.29, 1.82) is 10.5 Å². The number of aromatic nitrogens is 4. The third kappa shape index (κ3) is 5.47. The van der Waals surface area contributed by atoms with Crippen molar-refractivity contribution in [3.8, 4) is 23.4 Å². The van der Waals surface area contributed by atoms with Crippen LogP contribution < -0.4 is 0 Å². The summed E-state index contributed by atoms with van der Waals surface area (Å²) < 4.78 is 37.1. The smallest absolute Gasteiger partial charge is 0.410 e. The zero-order chi connectivity index (χ0) is 32.9. The van der Waals surface area contributed by atoms with E-state index in [9.17, 15) is 19.9 Å². The quantitative estimate of drug-likeness (QED) is 0.187. The second-order valence-corrected chi connectivity index (χ2v) is 13.9. The molecule has 0 bridgehead atoms. The molecule has 0 N–H and O–H groups in total. The Bertz CT molecular complexity index is 2110. The van der Waals surface area contributed by atoms with E-state index < -0.39 is 34.7 Å². The Morgan fingerprint density at radius 1 is 1.26 bits per heavy atom. The van der Waals surface area contributed by atoms with Crippen molar-refractivity contribution >= 4 is 61.4 Å².